The van der Waals surface area contributed by atoms with Crippen LogP contribution < -0.4 is 16.4 Å². The number of nitrogens with one attached hydrogen (secondary N) is 2. The third kappa shape index (κ3) is 8.17. The van der Waals surface area contributed by atoms with Gasteiger partial charge in [0, 0.05) is 0 Å². The Bertz CT molecular complexity index is 678. The molecular weight excluding hydrogens is 366 g/mol. The van der Waals surface area contributed by atoms with Crippen molar-refractivity contribution in [1.29, 1.82) is 0 Å². The Balaban J connectivity index is 2.72. The molecular formula is C19H27N3O6. The van der Waals surface area contributed by atoms with E-state index in [2.05, 4.69) is 10.6 Å². The third-order valence-corrected chi connectivity index (χ3v) is 3.66. The third-order valence-electron chi connectivity index (χ3n) is 3.66. The quantitative estimate of drug-likeness (QED) is 0.477. The van der Waals surface area contributed by atoms with Crippen LogP contribution in [0.5, 0.6) is 0 Å². The summed E-state index contributed by atoms with van der Waals surface area (Å²) in [4.78, 5) is 48.1. The molecule has 0 aliphatic rings. The molecule has 0 saturated carbocycles. The molecule has 0 spiro atoms. The Morgan fingerprint density at radius 2 is 1.64 bits per heavy atom. The smallest absolute Gasteiger partial charge is 0.328 e. The van der Waals surface area contributed by atoms with E-state index in [0.717, 1.165) is 5.56 Å². The lowest BCUT2D eigenvalue weighted by Gasteiger charge is -2.21. The number of carbonyl (C=O) groups excluding carboxylic acids is 4. The normalized spacial score (nSPS) is 13.6. The highest BCUT2D eigenvalue weighted by molar-refractivity contribution is 5.94. The monoisotopic (exact) mass is 393 g/mol. The molecule has 1 rings (SSSR count). The lowest BCUT2D eigenvalue weighted by atomic mass is 10.1. The zero-order valence-electron chi connectivity index (χ0n) is 16.3. The van der Waals surface area contributed by atoms with E-state index in [1.807, 2.05) is 6.07 Å². The molecule has 4 N–H and O–H groups in total. The Labute approximate surface area is 163 Å². The van der Waals surface area contributed by atoms with Gasteiger partial charge in [0.1, 0.15) is 18.7 Å². The lowest BCUT2D eigenvalue weighted by Crippen LogP contribution is -2.54. The molecule has 0 bridgehead atoms. The summed E-state index contributed by atoms with van der Waals surface area (Å²) in [6, 6.07) is 5.96. The minimum atomic E-state index is -1.24. The number of carbonyl (C=O) groups is 4. The fourth-order valence-electron chi connectivity index (χ4n) is 2.12. The molecule has 9 heteroatoms. The van der Waals surface area contributed by atoms with Gasteiger partial charge in [-0.2, -0.15) is 0 Å². The molecule has 154 valence electrons. The van der Waals surface area contributed by atoms with Gasteiger partial charge in [0.05, 0.1) is 19.1 Å². The summed E-state index contributed by atoms with van der Waals surface area (Å²) >= 11 is 0. The van der Waals surface area contributed by atoms with Crippen LogP contribution in [0.15, 0.2) is 30.3 Å². The van der Waals surface area contributed by atoms with Crippen LogP contribution >= 0.6 is 0 Å². The summed E-state index contributed by atoms with van der Waals surface area (Å²) in [6.45, 7) is 4.72. The predicted molar refractivity (Wildman–Crippen MR) is 101 cm³/mol. The van der Waals surface area contributed by atoms with Crippen molar-refractivity contribution in [3.63, 3.8) is 0 Å². The Morgan fingerprint density at radius 3 is 2.21 bits per heavy atom. The minimum Gasteiger partial charge on any atom is -0.464 e. The maximum Gasteiger partial charge on any atom is 0.328 e. The Kier molecular flexibility index (Phi) is 9.66. The summed E-state index contributed by atoms with van der Waals surface area (Å²) in [5, 5.41) is 4.80. The maximum atomic E-state index is 12.4. The molecule has 1 aromatic carbocycles. The molecule has 0 saturated heterocycles. The second-order valence-electron chi connectivity index (χ2n) is 6.18. The summed E-state index contributed by atoms with van der Waals surface area (Å²) in [5.41, 5.74) is 6.29. The zero-order valence-corrected chi connectivity index (χ0v) is 16.3. The van der Waals surface area contributed by atoms with Crippen LogP contribution in [0.1, 0.15) is 32.8 Å². The number of benzene rings is 1. The molecule has 3 atom stereocenters. The average Bonchev–Trinajstić information content (AvgIpc) is 2.66. The van der Waals surface area contributed by atoms with E-state index in [0.29, 0.717) is 0 Å². The van der Waals surface area contributed by atoms with E-state index in [-0.39, 0.29) is 13.2 Å². The largest absolute Gasteiger partial charge is 0.464 e. The summed E-state index contributed by atoms with van der Waals surface area (Å²) < 4.78 is 9.97. The van der Waals surface area contributed by atoms with Crippen LogP contribution in [0.25, 0.3) is 0 Å². The zero-order chi connectivity index (χ0) is 21.1. The van der Waals surface area contributed by atoms with Crippen molar-refractivity contribution < 1.29 is 28.7 Å². The van der Waals surface area contributed by atoms with Gasteiger partial charge in [-0.3, -0.25) is 14.4 Å². The van der Waals surface area contributed by atoms with Crippen LogP contribution in [0.2, 0.25) is 0 Å². The molecule has 0 aromatic heterocycles. The van der Waals surface area contributed by atoms with E-state index in [1.165, 1.54) is 13.8 Å². The number of amides is 2. The number of ether oxygens (including phenoxy) is 2. The molecule has 28 heavy (non-hydrogen) atoms. The van der Waals surface area contributed by atoms with Crippen molar-refractivity contribution in [2.24, 2.45) is 5.73 Å². The average molecular weight is 393 g/mol. The van der Waals surface area contributed by atoms with Gasteiger partial charge < -0.3 is 25.8 Å². The predicted octanol–water partition coefficient (Wildman–Crippen LogP) is 0.0197. The fourth-order valence-corrected chi connectivity index (χ4v) is 2.12. The van der Waals surface area contributed by atoms with Gasteiger partial charge in [0.15, 0.2) is 0 Å². The molecule has 9 nitrogen and oxygen atoms in total. The molecule has 0 unspecified atom stereocenters. The van der Waals surface area contributed by atoms with Gasteiger partial charge in [0.25, 0.3) is 0 Å². The van der Waals surface area contributed by atoms with Crippen molar-refractivity contribution in [3.05, 3.63) is 35.9 Å². The van der Waals surface area contributed by atoms with E-state index in [4.69, 9.17) is 15.2 Å². The standard InChI is InChI=1S/C19H27N3O6/c1-4-27-19(26)13(3)21-18(25)15(22-17(24)12(2)20)10-16(23)28-11-14-8-6-5-7-9-14/h5-9,12-13,15H,4,10-11,20H2,1-3H3,(H,21,25)(H,22,24)/t12-,13+,15+/m1/s1. The maximum absolute atomic E-state index is 12.4. The van der Waals surface area contributed by atoms with Crippen LogP contribution in [0, 0.1) is 0 Å². The summed E-state index contributed by atoms with van der Waals surface area (Å²) in [6.07, 6.45) is -0.410. The Hall–Kier alpha value is -2.94. The van der Waals surface area contributed by atoms with Crippen LogP contribution in [0.4, 0.5) is 0 Å². The molecule has 0 radical (unpaired) electrons. The number of nitrogens with two attached hydrogens (primary N) is 1. The highest BCUT2D eigenvalue weighted by atomic mass is 16.5. The SMILES string of the molecule is CCOC(=O)[C@H](C)NC(=O)[C@H](CC(=O)OCc1ccccc1)NC(=O)[C@@H](C)N. The molecule has 0 fully saturated rings. The topological polar surface area (TPSA) is 137 Å². The first-order chi connectivity index (χ1) is 13.2. The van der Waals surface area contributed by atoms with Crippen molar-refractivity contribution >= 4 is 23.8 Å². The number of esters is 2. The van der Waals surface area contributed by atoms with Gasteiger partial charge in [-0.05, 0) is 26.3 Å². The first kappa shape index (κ1) is 23.1. The number of hydrogen-bond acceptors (Lipinski definition) is 7. The molecule has 1 aromatic rings. The Morgan fingerprint density at radius 1 is 1.00 bits per heavy atom. The number of hydrogen-bond donors (Lipinski definition) is 3. The van der Waals surface area contributed by atoms with E-state index in [1.54, 1.807) is 31.2 Å². The fraction of sp³-hybridized carbons (Fsp3) is 0.474. The van der Waals surface area contributed by atoms with Gasteiger partial charge in [0.2, 0.25) is 11.8 Å². The second-order valence-corrected chi connectivity index (χ2v) is 6.18. The van der Waals surface area contributed by atoms with Crippen molar-refractivity contribution in [3.8, 4) is 0 Å². The van der Waals surface area contributed by atoms with Crippen molar-refractivity contribution in [2.75, 3.05) is 6.61 Å². The molecule has 0 aliphatic carbocycles. The second kappa shape index (κ2) is 11.7. The molecule has 0 heterocycles. The van der Waals surface area contributed by atoms with E-state index >= 15 is 0 Å². The van der Waals surface area contributed by atoms with Gasteiger partial charge in [-0.25, -0.2) is 4.79 Å². The van der Waals surface area contributed by atoms with Crippen LogP contribution in [0.3, 0.4) is 0 Å². The summed E-state index contributed by atoms with van der Waals surface area (Å²) in [7, 11) is 0. The van der Waals surface area contributed by atoms with Crippen LogP contribution in [-0.4, -0.2) is 48.5 Å². The van der Waals surface area contributed by atoms with Crippen molar-refractivity contribution in [2.45, 2.75) is 51.9 Å². The van der Waals surface area contributed by atoms with E-state index < -0.39 is 48.3 Å². The van der Waals surface area contributed by atoms with Gasteiger partial charge >= 0.3 is 11.9 Å². The first-order valence-corrected chi connectivity index (χ1v) is 8.97. The van der Waals surface area contributed by atoms with E-state index in [9.17, 15) is 19.2 Å². The number of rotatable bonds is 10. The minimum absolute atomic E-state index is 0.0362. The van der Waals surface area contributed by atoms with Crippen LogP contribution in [-0.2, 0) is 35.3 Å². The first-order valence-electron chi connectivity index (χ1n) is 8.97. The van der Waals surface area contributed by atoms with Gasteiger partial charge in [-0.1, -0.05) is 30.3 Å². The summed E-state index contributed by atoms with van der Waals surface area (Å²) in [5.74, 6) is -2.64. The van der Waals surface area contributed by atoms with Crippen molar-refractivity contribution in [1.82, 2.24) is 10.6 Å². The molecule has 0 aliphatic heterocycles. The highest BCUT2D eigenvalue weighted by Crippen LogP contribution is 2.04. The molecule has 2 amide bonds. The lowest BCUT2D eigenvalue weighted by molar-refractivity contribution is -0.148. The highest BCUT2D eigenvalue weighted by Gasteiger charge is 2.28. The van der Waals surface area contributed by atoms with Gasteiger partial charge in [-0.15, -0.1) is 0 Å².